The van der Waals surface area contributed by atoms with Crippen LogP contribution in [0.25, 0.3) is 0 Å². The molecule has 1 fully saturated rings. The molecule has 0 unspecified atom stereocenters. The number of rotatable bonds is 5. The molecule has 0 spiro atoms. The van der Waals surface area contributed by atoms with Gasteiger partial charge in [-0.3, -0.25) is 4.79 Å². The largest absolute Gasteiger partial charge is 0.497 e. The van der Waals surface area contributed by atoms with Crippen LogP contribution in [0.4, 0.5) is 4.39 Å². The molecule has 1 atom stereocenters. The summed E-state index contributed by atoms with van der Waals surface area (Å²) >= 11 is 0. The van der Waals surface area contributed by atoms with Crippen molar-refractivity contribution in [3.8, 4) is 11.5 Å². The SMILES string of the molecule is COc1ccc(CN2C[C@H](c3cccc(F)c3)OCC2=O)c(OC)c1. The second-order valence-electron chi connectivity index (χ2n) is 5.81. The van der Waals surface area contributed by atoms with Crippen molar-refractivity contribution in [1.82, 2.24) is 4.90 Å². The highest BCUT2D eigenvalue weighted by Crippen LogP contribution is 2.29. The minimum Gasteiger partial charge on any atom is -0.497 e. The molecule has 0 aliphatic carbocycles. The Balaban J connectivity index is 1.78. The fourth-order valence-electron chi connectivity index (χ4n) is 2.87. The van der Waals surface area contributed by atoms with Crippen LogP contribution in [0.3, 0.4) is 0 Å². The molecule has 0 aromatic heterocycles. The average Bonchev–Trinajstić information content (AvgIpc) is 2.63. The van der Waals surface area contributed by atoms with Gasteiger partial charge in [0.15, 0.2) is 0 Å². The lowest BCUT2D eigenvalue weighted by molar-refractivity contribution is -0.150. The molecule has 132 valence electrons. The Morgan fingerprint density at radius 2 is 2.04 bits per heavy atom. The number of ether oxygens (including phenoxy) is 3. The Hall–Kier alpha value is -2.60. The standard InChI is InChI=1S/C19H20FNO4/c1-23-16-7-6-14(17(9-16)24-2)10-21-11-18(25-12-19(21)22)13-4-3-5-15(20)8-13/h3-9,18H,10-12H2,1-2H3/t18-/m1/s1. The Kier molecular flexibility index (Phi) is 5.19. The van der Waals surface area contributed by atoms with E-state index in [1.54, 1.807) is 37.3 Å². The van der Waals surface area contributed by atoms with E-state index in [1.807, 2.05) is 12.1 Å². The first-order valence-corrected chi connectivity index (χ1v) is 7.96. The van der Waals surface area contributed by atoms with Crippen molar-refractivity contribution < 1.29 is 23.4 Å². The molecule has 0 radical (unpaired) electrons. The zero-order valence-electron chi connectivity index (χ0n) is 14.2. The predicted molar refractivity (Wildman–Crippen MR) is 90.1 cm³/mol. The van der Waals surface area contributed by atoms with Gasteiger partial charge in [-0.15, -0.1) is 0 Å². The molecule has 6 heteroatoms. The first-order valence-electron chi connectivity index (χ1n) is 7.96. The van der Waals surface area contributed by atoms with Crippen molar-refractivity contribution in [1.29, 1.82) is 0 Å². The zero-order valence-corrected chi connectivity index (χ0v) is 14.2. The van der Waals surface area contributed by atoms with Gasteiger partial charge < -0.3 is 19.1 Å². The lowest BCUT2D eigenvalue weighted by Crippen LogP contribution is -2.42. The van der Waals surface area contributed by atoms with Gasteiger partial charge in [-0.1, -0.05) is 12.1 Å². The molecule has 1 heterocycles. The number of hydrogen-bond donors (Lipinski definition) is 0. The third-order valence-electron chi connectivity index (χ3n) is 4.22. The van der Waals surface area contributed by atoms with E-state index in [2.05, 4.69) is 0 Å². The Bertz CT molecular complexity index is 765. The van der Waals surface area contributed by atoms with Gasteiger partial charge in [0.2, 0.25) is 5.91 Å². The number of halogens is 1. The quantitative estimate of drug-likeness (QED) is 0.836. The molecule has 1 aliphatic rings. The molecule has 1 amide bonds. The van der Waals surface area contributed by atoms with Crippen molar-refractivity contribution in [3.63, 3.8) is 0 Å². The van der Waals surface area contributed by atoms with Crippen LogP contribution < -0.4 is 9.47 Å². The monoisotopic (exact) mass is 345 g/mol. The second-order valence-corrected chi connectivity index (χ2v) is 5.81. The van der Waals surface area contributed by atoms with Gasteiger partial charge in [-0.2, -0.15) is 0 Å². The predicted octanol–water partition coefficient (Wildman–Crippen LogP) is 2.94. The van der Waals surface area contributed by atoms with Gasteiger partial charge >= 0.3 is 0 Å². The van der Waals surface area contributed by atoms with Crippen molar-refractivity contribution in [2.24, 2.45) is 0 Å². The van der Waals surface area contributed by atoms with Crippen LogP contribution in [0.15, 0.2) is 42.5 Å². The zero-order chi connectivity index (χ0) is 17.8. The highest BCUT2D eigenvalue weighted by Gasteiger charge is 2.28. The van der Waals surface area contributed by atoms with Gasteiger partial charge in [-0.05, 0) is 29.8 Å². The fourth-order valence-corrected chi connectivity index (χ4v) is 2.87. The van der Waals surface area contributed by atoms with E-state index in [0.717, 1.165) is 11.1 Å². The van der Waals surface area contributed by atoms with Crippen molar-refractivity contribution in [2.75, 3.05) is 27.4 Å². The van der Waals surface area contributed by atoms with Crippen LogP contribution in [-0.4, -0.2) is 38.2 Å². The highest BCUT2D eigenvalue weighted by molar-refractivity contribution is 5.78. The number of morpholine rings is 1. The van der Waals surface area contributed by atoms with E-state index in [0.29, 0.717) is 24.6 Å². The molecule has 2 aromatic rings. The molecule has 5 nitrogen and oxygen atoms in total. The lowest BCUT2D eigenvalue weighted by Gasteiger charge is -2.33. The van der Waals surface area contributed by atoms with E-state index in [-0.39, 0.29) is 24.4 Å². The van der Waals surface area contributed by atoms with Gasteiger partial charge in [0.1, 0.15) is 30.0 Å². The summed E-state index contributed by atoms with van der Waals surface area (Å²) in [6.45, 7) is 0.721. The number of amides is 1. The van der Waals surface area contributed by atoms with Crippen LogP contribution in [0.2, 0.25) is 0 Å². The summed E-state index contributed by atoms with van der Waals surface area (Å²) in [6, 6.07) is 11.7. The second kappa shape index (κ2) is 7.53. The third-order valence-corrected chi connectivity index (χ3v) is 4.22. The summed E-state index contributed by atoms with van der Waals surface area (Å²) in [5.74, 6) is 0.916. The summed E-state index contributed by atoms with van der Waals surface area (Å²) < 4.78 is 29.6. The van der Waals surface area contributed by atoms with Gasteiger partial charge in [0.05, 0.1) is 20.8 Å². The smallest absolute Gasteiger partial charge is 0.249 e. The Labute approximate surface area is 145 Å². The summed E-state index contributed by atoms with van der Waals surface area (Å²) in [4.78, 5) is 13.9. The molecule has 2 aromatic carbocycles. The lowest BCUT2D eigenvalue weighted by atomic mass is 10.1. The van der Waals surface area contributed by atoms with Crippen LogP contribution in [-0.2, 0) is 16.1 Å². The summed E-state index contributed by atoms with van der Waals surface area (Å²) in [5, 5.41) is 0. The normalized spacial score (nSPS) is 17.5. The molecule has 0 bridgehead atoms. The molecule has 1 aliphatic heterocycles. The number of carbonyl (C=O) groups excluding carboxylic acids is 1. The number of benzene rings is 2. The Morgan fingerprint density at radius 1 is 1.20 bits per heavy atom. The Morgan fingerprint density at radius 3 is 2.76 bits per heavy atom. The molecule has 0 saturated carbocycles. The molecule has 3 rings (SSSR count). The number of hydrogen-bond acceptors (Lipinski definition) is 4. The first kappa shape index (κ1) is 17.2. The molecular formula is C19H20FNO4. The summed E-state index contributed by atoms with van der Waals surface area (Å²) in [5.41, 5.74) is 1.59. The highest BCUT2D eigenvalue weighted by atomic mass is 19.1. The third kappa shape index (κ3) is 3.91. The van der Waals surface area contributed by atoms with Crippen LogP contribution >= 0.6 is 0 Å². The van der Waals surface area contributed by atoms with Crippen molar-refractivity contribution in [3.05, 3.63) is 59.4 Å². The minimum absolute atomic E-state index is 0.0281. The van der Waals surface area contributed by atoms with Crippen molar-refractivity contribution in [2.45, 2.75) is 12.6 Å². The van der Waals surface area contributed by atoms with Crippen LogP contribution in [0.1, 0.15) is 17.2 Å². The average molecular weight is 345 g/mol. The maximum absolute atomic E-state index is 13.4. The van der Waals surface area contributed by atoms with Gasteiger partial charge in [0.25, 0.3) is 0 Å². The number of carbonyl (C=O) groups is 1. The minimum atomic E-state index is -0.349. The summed E-state index contributed by atoms with van der Waals surface area (Å²) in [7, 11) is 3.17. The number of nitrogens with zero attached hydrogens (tertiary/aromatic N) is 1. The maximum Gasteiger partial charge on any atom is 0.249 e. The van der Waals surface area contributed by atoms with E-state index in [9.17, 15) is 9.18 Å². The molecule has 1 saturated heterocycles. The van der Waals surface area contributed by atoms with Crippen LogP contribution in [0.5, 0.6) is 11.5 Å². The topological polar surface area (TPSA) is 48.0 Å². The molecule has 25 heavy (non-hydrogen) atoms. The van der Waals surface area contributed by atoms with E-state index >= 15 is 0 Å². The first-order chi connectivity index (χ1) is 12.1. The molecular weight excluding hydrogens is 325 g/mol. The fraction of sp³-hybridized carbons (Fsp3) is 0.316. The maximum atomic E-state index is 13.4. The number of methoxy groups -OCH3 is 2. The van der Waals surface area contributed by atoms with Crippen LogP contribution in [0, 0.1) is 5.82 Å². The van der Waals surface area contributed by atoms with E-state index in [1.165, 1.54) is 12.1 Å². The van der Waals surface area contributed by atoms with E-state index in [4.69, 9.17) is 14.2 Å². The van der Waals surface area contributed by atoms with Gasteiger partial charge in [-0.25, -0.2) is 4.39 Å². The van der Waals surface area contributed by atoms with Gasteiger partial charge in [0, 0.05) is 18.2 Å². The molecule has 0 N–H and O–H groups in total. The van der Waals surface area contributed by atoms with E-state index < -0.39 is 0 Å². The van der Waals surface area contributed by atoms with Crippen molar-refractivity contribution >= 4 is 5.91 Å². The summed E-state index contributed by atoms with van der Waals surface area (Å²) in [6.07, 6.45) is -0.349.